The van der Waals surface area contributed by atoms with Gasteiger partial charge in [0.15, 0.2) is 0 Å². The fraction of sp³-hybridized carbons (Fsp3) is 0.312. The second-order valence-electron chi connectivity index (χ2n) is 4.79. The van der Waals surface area contributed by atoms with Crippen LogP contribution in [-0.4, -0.2) is 11.5 Å². The van der Waals surface area contributed by atoms with Gasteiger partial charge >= 0.3 is 0 Å². The lowest BCUT2D eigenvalue weighted by atomic mass is 9.99. The summed E-state index contributed by atoms with van der Waals surface area (Å²) >= 11 is 3.25. The highest BCUT2D eigenvalue weighted by Gasteiger charge is 2.15. The van der Waals surface area contributed by atoms with E-state index in [0.29, 0.717) is 4.47 Å². The van der Waals surface area contributed by atoms with Crippen molar-refractivity contribution in [3.8, 4) is 0 Å². The Morgan fingerprint density at radius 1 is 1.25 bits per heavy atom. The summed E-state index contributed by atoms with van der Waals surface area (Å²) in [5.41, 5.74) is 3.10. The molecule has 0 spiro atoms. The third-order valence-electron chi connectivity index (χ3n) is 3.14. The number of hydrogen-bond acceptors (Lipinski definition) is 2. The highest BCUT2D eigenvalue weighted by Crippen LogP contribution is 2.26. The smallest absolute Gasteiger partial charge is 0.137 e. The zero-order chi connectivity index (χ0) is 14.5. The molecule has 4 heteroatoms. The molecule has 0 radical (unpaired) electrons. The molecule has 0 bridgehead atoms. The molecular weight excluding hydrogens is 319 g/mol. The molecule has 2 aromatic rings. The quantitative estimate of drug-likeness (QED) is 0.876. The highest BCUT2D eigenvalue weighted by atomic mass is 79.9. The van der Waals surface area contributed by atoms with Crippen LogP contribution in [0.15, 0.2) is 41.0 Å². The Kier molecular flexibility index (Phi) is 5.26. The van der Waals surface area contributed by atoms with Gasteiger partial charge in [-0.1, -0.05) is 19.1 Å². The third kappa shape index (κ3) is 3.64. The molecular formula is C16H18BrFN2. The summed E-state index contributed by atoms with van der Waals surface area (Å²) in [5.74, 6) is -0.245. The standard InChI is InChI=1S/C16H18BrFN2/c1-3-8-19-16(13-5-4-11(2)20-10-13)12-6-7-15(18)14(17)9-12/h4-7,9-10,16,19H,3,8H2,1-2H3. The van der Waals surface area contributed by atoms with Crippen molar-refractivity contribution in [3.63, 3.8) is 0 Å². The Bertz CT molecular complexity index is 569. The zero-order valence-electron chi connectivity index (χ0n) is 11.7. The van der Waals surface area contributed by atoms with Gasteiger partial charge in [0.2, 0.25) is 0 Å². The normalized spacial score (nSPS) is 12.4. The lowest BCUT2D eigenvalue weighted by molar-refractivity contribution is 0.589. The number of halogens is 2. The summed E-state index contributed by atoms with van der Waals surface area (Å²) in [6.45, 7) is 4.98. The molecule has 20 heavy (non-hydrogen) atoms. The predicted octanol–water partition coefficient (Wildman–Crippen LogP) is 4.38. The molecule has 1 unspecified atom stereocenters. The molecule has 0 fully saturated rings. The monoisotopic (exact) mass is 336 g/mol. The number of nitrogens with zero attached hydrogens (tertiary/aromatic N) is 1. The van der Waals surface area contributed by atoms with Crippen LogP contribution in [0.1, 0.15) is 36.2 Å². The zero-order valence-corrected chi connectivity index (χ0v) is 13.2. The van der Waals surface area contributed by atoms with Gasteiger partial charge in [0.05, 0.1) is 10.5 Å². The number of aryl methyl sites for hydroxylation is 1. The molecule has 2 nitrogen and oxygen atoms in total. The van der Waals surface area contributed by atoms with E-state index >= 15 is 0 Å². The number of rotatable bonds is 5. The molecule has 0 amide bonds. The van der Waals surface area contributed by atoms with Crippen molar-refractivity contribution in [2.24, 2.45) is 0 Å². The van der Waals surface area contributed by atoms with Gasteiger partial charge in [-0.25, -0.2) is 4.39 Å². The van der Waals surface area contributed by atoms with Gasteiger partial charge in [0.1, 0.15) is 5.82 Å². The molecule has 1 aromatic carbocycles. The highest BCUT2D eigenvalue weighted by molar-refractivity contribution is 9.10. The van der Waals surface area contributed by atoms with Gasteiger partial charge in [-0.05, 0) is 65.1 Å². The molecule has 1 atom stereocenters. The first kappa shape index (κ1) is 15.1. The van der Waals surface area contributed by atoms with Crippen molar-refractivity contribution >= 4 is 15.9 Å². The van der Waals surface area contributed by atoms with Gasteiger partial charge < -0.3 is 5.32 Å². The molecule has 1 N–H and O–H groups in total. The van der Waals surface area contributed by atoms with Crippen LogP contribution in [0.5, 0.6) is 0 Å². The summed E-state index contributed by atoms with van der Waals surface area (Å²) in [5, 5.41) is 3.48. The Labute approximate surface area is 127 Å². The maximum atomic E-state index is 13.4. The van der Waals surface area contributed by atoms with E-state index in [2.05, 4.69) is 39.2 Å². The maximum Gasteiger partial charge on any atom is 0.137 e. The van der Waals surface area contributed by atoms with E-state index in [-0.39, 0.29) is 11.9 Å². The van der Waals surface area contributed by atoms with Crippen molar-refractivity contribution < 1.29 is 4.39 Å². The third-order valence-corrected chi connectivity index (χ3v) is 3.75. The van der Waals surface area contributed by atoms with Crippen LogP contribution in [0.3, 0.4) is 0 Å². The number of benzene rings is 1. The van der Waals surface area contributed by atoms with Crippen LogP contribution >= 0.6 is 15.9 Å². The maximum absolute atomic E-state index is 13.4. The van der Waals surface area contributed by atoms with Crippen LogP contribution < -0.4 is 5.32 Å². The number of pyridine rings is 1. The molecule has 0 saturated carbocycles. The summed E-state index contributed by atoms with van der Waals surface area (Å²) in [6, 6.07) is 9.21. The minimum absolute atomic E-state index is 0.0277. The molecule has 2 rings (SSSR count). The number of nitrogens with one attached hydrogen (secondary N) is 1. The van der Waals surface area contributed by atoms with Gasteiger partial charge in [0.25, 0.3) is 0 Å². The van der Waals surface area contributed by atoms with Crippen molar-refractivity contribution in [2.75, 3.05) is 6.54 Å². The summed E-state index contributed by atoms with van der Waals surface area (Å²) in [4.78, 5) is 4.35. The minimum atomic E-state index is -0.245. The average Bonchev–Trinajstić information content (AvgIpc) is 2.45. The summed E-state index contributed by atoms with van der Waals surface area (Å²) in [7, 11) is 0. The fourth-order valence-electron chi connectivity index (χ4n) is 2.06. The molecule has 0 aliphatic rings. The summed E-state index contributed by atoms with van der Waals surface area (Å²) in [6.07, 6.45) is 2.91. The van der Waals surface area contributed by atoms with E-state index in [0.717, 1.165) is 29.8 Å². The van der Waals surface area contributed by atoms with E-state index in [1.54, 1.807) is 0 Å². The predicted molar refractivity (Wildman–Crippen MR) is 83.2 cm³/mol. The van der Waals surface area contributed by atoms with Crippen molar-refractivity contribution in [3.05, 3.63) is 63.6 Å². The molecule has 106 valence electrons. The first-order valence-corrected chi connectivity index (χ1v) is 7.52. The van der Waals surface area contributed by atoms with Crippen LogP contribution in [-0.2, 0) is 0 Å². The molecule has 1 aromatic heterocycles. The second kappa shape index (κ2) is 6.95. The summed E-state index contributed by atoms with van der Waals surface area (Å²) < 4.78 is 13.9. The SMILES string of the molecule is CCCNC(c1ccc(C)nc1)c1ccc(F)c(Br)c1. The topological polar surface area (TPSA) is 24.9 Å². The minimum Gasteiger partial charge on any atom is -0.306 e. The molecule has 1 heterocycles. The average molecular weight is 337 g/mol. The van der Waals surface area contributed by atoms with Gasteiger partial charge in [0, 0.05) is 11.9 Å². The Morgan fingerprint density at radius 2 is 2.00 bits per heavy atom. The Morgan fingerprint density at radius 3 is 2.60 bits per heavy atom. The first-order valence-electron chi connectivity index (χ1n) is 6.72. The van der Waals surface area contributed by atoms with Gasteiger partial charge in [-0.3, -0.25) is 4.98 Å². The number of hydrogen-bond donors (Lipinski definition) is 1. The number of aromatic nitrogens is 1. The second-order valence-corrected chi connectivity index (χ2v) is 5.65. The molecule has 0 aliphatic heterocycles. The van der Waals surface area contributed by atoms with E-state index < -0.39 is 0 Å². The fourth-order valence-corrected chi connectivity index (χ4v) is 2.46. The van der Waals surface area contributed by atoms with E-state index in [1.165, 1.54) is 6.07 Å². The largest absolute Gasteiger partial charge is 0.306 e. The van der Waals surface area contributed by atoms with Gasteiger partial charge in [-0.2, -0.15) is 0 Å². The Hall–Kier alpha value is -1.26. The van der Waals surface area contributed by atoms with E-state index in [1.807, 2.05) is 31.3 Å². The van der Waals surface area contributed by atoms with Crippen molar-refractivity contribution in [1.29, 1.82) is 0 Å². The van der Waals surface area contributed by atoms with E-state index in [9.17, 15) is 4.39 Å². The van der Waals surface area contributed by atoms with Crippen LogP contribution in [0, 0.1) is 12.7 Å². The Balaban J connectivity index is 2.35. The van der Waals surface area contributed by atoms with Crippen molar-refractivity contribution in [1.82, 2.24) is 10.3 Å². The molecule has 0 aliphatic carbocycles. The van der Waals surface area contributed by atoms with Crippen LogP contribution in [0.4, 0.5) is 4.39 Å². The lowest BCUT2D eigenvalue weighted by Gasteiger charge is -2.20. The van der Waals surface area contributed by atoms with Crippen LogP contribution in [0.25, 0.3) is 0 Å². The first-order chi connectivity index (χ1) is 9.61. The molecule has 0 saturated heterocycles. The van der Waals surface area contributed by atoms with E-state index in [4.69, 9.17) is 0 Å². The van der Waals surface area contributed by atoms with Crippen LogP contribution in [0.2, 0.25) is 0 Å². The van der Waals surface area contributed by atoms with Crippen molar-refractivity contribution in [2.45, 2.75) is 26.3 Å². The lowest BCUT2D eigenvalue weighted by Crippen LogP contribution is -2.23. The van der Waals surface area contributed by atoms with Gasteiger partial charge in [-0.15, -0.1) is 0 Å².